The lowest BCUT2D eigenvalue weighted by Crippen LogP contribution is -3.11. The molecule has 1 saturated heterocycles. The maximum atomic E-state index is 12.3. The van der Waals surface area contributed by atoms with Crippen molar-refractivity contribution in [2.75, 3.05) is 20.2 Å². The first-order valence-electron chi connectivity index (χ1n) is 9.71. The number of carbonyl (C=O) groups excluding carboxylic acids is 1. The van der Waals surface area contributed by atoms with Crippen LogP contribution in [0.3, 0.4) is 0 Å². The molecule has 2 aromatic rings. The first kappa shape index (κ1) is 19.9. The number of aromatic hydroxyl groups is 1. The van der Waals surface area contributed by atoms with E-state index in [1.165, 1.54) is 24.2 Å². The van der Waals surface area contributed by atoms with E-state index >= 15 is 0 Å². The number of nitrogens with zero attached hydrogens (tertiary/aromatic N) is 1. The monoisotopic (exact) mass is 382 g/mol. The predicted octanol–water partition coefficient (Wildman–Crippen LogP) is 2.12. The number of nitrogens with one attached hydrogen (secondary N) is 2. The summed E-state index contributed by atoms with van der Waals surface area (Å²) in [5.74, 6) is 0.736. The molecule has 0 unspecified atom stereocenters. The van der Waals surface area contributed by atoms with E-state index in [0.717, 1.165) is 30.8 Å². The number of hydrazone groups is 1. The first-order chi connectivity index (χ1) is 13.6. The molecule has 2 aromatic carbocycles. The lowest BCUT2D eigenvalue weighted by Gasteiger charge is -2.24. The van der Waals surface area contributed by atoms with Crippen molar-refractivity contribution in [3.8, 4) is 11.5 Å². The van der Waals surface area contributed by atoms with Crippen LogP contribution in [0.15, 0.2) is 47.6 Å². The molecule has 148 valence electrons. The van der Waals surface area contributed by atoms with Gasteiger partial charge in [0.2, 0.25) is 0 Å². The second-order valence-electron chi connectivity index (χ2n) is 7.20. The zero-order valence-electron chi connectivity index (χ0n) is 16.5. The van der Waals surface area contributed by atoms with Gasteiger partial charge in [0, 0.05) is 11.1 Å². The summed E-state index contributed by atoms with van der Waals surface area (Å²) < 4.78 is 5.10. The number of hydrogen-bond donors (Lipinski definition) is 3. The van der Waals surface area contributed by atoms with E-state index in [-0.39, 0.29) is 5.91 Å². The smallest absolute Gasteiger partial charge is 0.271 e. The Morgan fingerprint density at radius 3 is 2.46 bits per heavy atom. The van der Waals surface area contributed by atoms with Gasteiger partial charge in [0.1, 0.15) is 18.0 Å². The summed E-state index contributed by atoms with van der Waals surface area (Å²) in [5, 5.41) is 14.5. The minimum absolute atomic E-state index is 0.279. The fourth-order valence-corrected chi connectivity index (χ4v) is 3.46. The molecule has 1 fully saturated rings. The van der Waals surface area contributed by atoms with Crippen LogP contribution in [-0.2, 0) is 6.54 Å². The summed E-state index contributed by atoms with van der Waals surface area (Å²) in [6, 6.07) is 12.4. The lowest BCUT2D eigenvalue weighted by atomic mass is 10.0. The summed E-state index contributed by atoms with van der Waals surface area (Å²) >= 11 is 0. The maximum Gasteiger partial charge on any atom is 0.271 e. The minimum Gasteiger partial charge on any atom is -0.507 e. The molecular formula is C22H28N3O3+. The van der Waals surface area contributed by atoms with Gasteiger partial charge in [0.15, 0.2) is 0 Å². The second kappa shape index (κ2) is 9.37. The highest BCUT2D eigenvalue weighted by atomic mass is 16.5. The molecule has 0 aromatic heterocycles. The van der Waals surface area contributed by atoms with Gasteiger partial charge in [-0.25, -0.2) is 5.43 Å². The Morgan fingerprint density at radius 2 is 1.79 bits per heavy atom. The van der Waals surface area contributed by atoms with E-state index in [2.05, 4.69) is 10.5 Å². The Labute approximate surface area is 165 Å². The molecular weight excluding hydrogens is 354 g/mol. The Bertz CT molecular complexity index is 841. The Balaban J connectivity index is 1.67. The molecule has 0 aliphatic carbocycles. The van der Waals surface area contributed by atoms with Gasteiger partial charge in [-0.3, -0.25) is 4.79 Å². The Morgan fingerprint density at radius 1 is 1.11 bits per heavy atom. The van der Waals surface area contributed by atoms with Gasteiger partial charge in [0.05, 0.1) is 25.9 Å². The third-order valence-electron chi connectivity index (χ3n) is 5.18. The number of phenols is 1. The van der Waals surface area contributed by atoms with E-state index in [1.54, 1.807) is 37.4 Å². The summed E-state index contributed by atoms with van der Waals surface area (Å²) in [5.41, 5.74) is 5.60. The molecule has 0 atom stereocenters. The van der Waals surface area contributed by atoms with Crippen LogP contribution in [0, 0.1) is 0 Å². The van der Waals surface area contributed by atoms with Crippen LogP contribution < -0.4 is 15.1 Å². The predicted molar refractivity (Wildman–Crippen MR) is 109 cm³/mol. The van der Waals surface area contributed by atoms with Gasteiger partial charge >= 0.3 is 0 Å². The molecule has 3 rings (SSSR count). The Kier molecular flexibility index (Phi) is 6.66. The molecule has 1 amide bonds. The SMILES string of the molecule is COc1ccc(C(=O)N/N=C(\C)c2ccc(O)c(C[NH+]3CCCCC3)c2)cc1. The number of likely N-dealkylation sites (tertiary alicyclic amines) is 1. The number of rotatable bonds is 6. The molecule has 0 bridgehead atoms. The van der Waals surface area contributed by atoms with Crippen molar-refractivity contribution in [3.05, 3.63) is 59.2 Å². The highest BCUT2D eigenvalue weighted by molar-refractivity contribution is 6.01. The van der Waals surface area contributed by atoms with Crippen LogP contribution in [0.25, 0.3) is 0 Å². The molecule has 0 saturated carbocycles. The number of ether oxygens (including phenoxy) is 1. The van der Waals surface area contributed by atoms with Crippen molar-refractivity contribution >= 4 is 11.6 Å². The van der Waals surface area contributed by atoms with Gasteiger partial charge in [0.25, 0.3) is 5.91 Å². The molecule has 1 aliphatic heterocycles. The number of piperidine rings is 1. The minimum atomic E-state index is -0.279. The molecule has 1 aliphatic rings. The van der Waals surface area contributed by atoms with Gasteiger partial charge < -0.3 is 14.7 Å². The summed E-state index contributed by atoms with van der Waals surface area (Å²) in [6.07, 6.45) is 3.79. The topological polar surface area (TPSA) is 75.4 Å². The number of carbonyl (C=O) groups is 1. The fourth-order valence-electron chi connectivity index (χ4n) is 3.46. The van der Waals surface area contributed by atoms with E-state index in [1.807, 2.05) is 19.1 Å². The van der Waals surface area contributed by atoms with Gasteiger partial charge in [-0.05, 0) is 74.2 Å². The van der Waals surface area contributed by atoms with Crippen molar-refractivity contribution in [2.24, 2.45) is 5.10 Å². The number of quaternary nitrogens is 1. The zero-order chi connectivity index (χ0) is 19.9. The van der Waals surface area contributed by atoms with Crippen molar-refractivity contribution in [1.29, 1.82) is 0 Å². The van der Waals surface area contributed by atoms with Crippen LogP contribution in [-0.4, -0.2) is 36.9 Å². The standard InChI is InChI=1S/C22H27N3O3/c1-16(23-24-22(27)17-6-9-20(28-2)10-7-17)18-8-11-21(26)19(14-18)15-25-12-4-3-5-13-25/h6-11,14,26H,3-5,12-13,15H2,1-2H3,(H,24,27)/p+1/b23-16+. The number of amides is 1. The van der Waals surface area contributed by atoms with Gasteiger partial charge in [-0.2, -0.15) is 5.10 Å². The van der Waals surface area contributed by atoms with E-state index in [9.17, 15) is 9.90 Å². The van der Waals surface area contributed by atoms with Crippen LogP contribution in [0.1, 0.15) is 47.7 Å². The summed E-state index contributed by atoms with van der Waals surface area (Å²) in [6.45, 7) is 4.95. The number of hydrogen-bond acceptors (Lipinski definition) is 4. The quantitative estimate of drug-likeness (QED) is 0.529. The average molecular weight is 382 g/mol. The van der Waals surface area contributed by atoms with Crippen LogP contribution in [0.5, 0.6) is 11.5 Å². The average Bonchev–Trinajstić information content (AvgIpc) is 2.74. The Hall–Kier alpha value is -2.86. The first-order valence-corrected chi connectivity index (χ1v) is 9.71. The van der Waals surface area contributed by atoms with Gasteiger partial charge in [-0.1, -0.05) is 0 Å². The van der Waals surface area contributed by atoms with Crippen molar-refractivity contribution < 1.29 is 19.5 Å². The van der Waals surface area contributed by atoms with Crippen molar-refractivity contribution in [1.82, 2.24) is 5.43 Å². The number of phenolic OH excluding ortho intramolecular Hbond substituents is 1. The molecule has 1 heterocycles. The molecule has 28 heavy (non-hydrogen) atoms. The normalized spacial score (nSPS) is 15.3. The third-order valence-corrected chi connectivity index (χ3v) is 5.18. The number of benzene rings is 2. The molecule has 3 N–H and O–H groups in total. The molecule has 6 nitrogen and oxygen atoms in total. The van der Waals surface area contributed by atoms with E-state index < -0.39 is 0 Å². The highest BCUT2D eigenvalue weighted by Crippen LogP contribution is 2.18. The largest absolute Gasteiger partial charge is 0.507 e. The van der Waals surface area contributed by atoms with Crippen LogP contribution in [0.4, 0.5) is 0 Å². The fraction of sp³-hybridized carbons (Fsp3) is 0.364. The van der Waals surface area contributed by atoms with Crippen LogP contribution in [0.2, 0.25) is 0 Å². The maximum absolute atomic E-state index is 12.3. The van der Waals surface area contributed by atoms with Crippen LogP contribution >= 0.6 is 0 Å². The van der Waals surface area contributed by atoms with E-state index in [4.69, 9.17) is 4.74 Å². The third kappa shape index (κ3) is 5.10. The van der Waals surface area contributed by atoms with E-state index in [0.29, 0.717) is 22.8 Å². The second-order valence-corrected chi connectivity index (χ2v) is 7.20. The lowest BCUT2D eigenvalue weighted by molar-refractivity contribution is -0.918. The number of methoxy groups -OCH3 is 1. The van der Waals surface area contributed by atoms with Crippen molar-refractivity contribution in [2.45, 2.75) is 32.7 Å². The molecule has 0 spiro atoms. The molecule has 6 heteroatoms. The summed E-state index contributed by atoms with van der Waals surface area (Å²) in [7, 11) is 1.58. The summed E-state index contributed by atoms with van der Waals surface area (Å²) in [4.78, 5) is 13.8. The highest BCUT2D eigenvalue weighted by Gasteiger charge is 2.16. The van der Waals surface area contributed by atoms with Crippen molar-refractivity contribution in [3.63, 3.8) is 0 Å². The molecule has 0 radical (unpaired) electrons. The zero-order valence-corrected chi connectivity index (χ0v) is 16.5. The van der Waals surface area contributed by atoms with Gasteiger partial charge in [-0.15, -0.1) is 0 Å².